The largest absolute Gasteiger partial charge is 0.396 e. The molecule has 0 aliphatic carbocycles. The average molecular weight is 252 g/mol. The van der Waals surface area contributed by atoms with E-state index >= 15 is 0 Å². The number of nitrogens with one attached hydrogen (secondary N) is 1. The van der Waals surface area contributed by atoms with Gasteiger partial charge in [0.25, 0.3) is 5.69 Å². The molecule has 5 nitrogen and oxygen atoms in total. The molecular weight excluding hydrogens is 232 g/mol. The maximum atomic E-state index is 10.8. The van der Waals surface area contributed by atoms with E-state index in [1.54, 1.807) is 13.0 Å². The predicted octanol–water partition coefficient (Wildman–Crippen LogP) is 2.72. The molecule has 0 aromatic heterocycles. The molecule has 1 atom stereocenters. The lowest BCUT2D eigenvalue weighted by molar-refractivity contribution is -0.385. The fraction of sp³-hybridized carbons (Fsp3) is 0.538. The van der Waals surface area contributed by atoms with E-state index in [1.165, 1.54) is 6.07 Å². The monoisotopic (exact) mass is 252 g/mol. The molecule has 1 rings (SSSR count). The fourth-order valence-corrected chi connectivity index (χ4v) is 1.90. The van der Waals surface area contributed by atoms with E-state index in [4.69, 9.17) is 5.11 Å². The zero-order chi connectivity index (χ0) is 13.5. The smallest absolute Gasteiger partial charge is 0.274 e. The molecule has 0 bridgehead atoms. The second kappa shape index (κ2) is 6.96. The molecule has 0 aliphatic rings. The molecule has 1 aromatic rings. The van der Waals surface area contributed by atoms with Gasteiger partial charge in [0.05, 0.1) is 4.92 Å². The number of aliphatic hydroxyl groups excluding tert-OH is 1. The van der Waals surface area contributed by atoms with Gasteiger partial charge in [0.2, 0.25) is 0 Å². The molecule has 0 saturated heterocycles. The van der Waals surface area contributed by atoms with Crippen molar-refractivity contribution < 1.29 is 10.0 Å². The van der Waals surface area contributed by atoms with Crippen molar-refractivity contribution in [2.45, 2.75) is 26.7 Å². The Labute approximate surface area is 107 Å². The number of rotatable bonds is 7. The Bertz CT molecular complexity index is 407. The molecule has 0 aliphatic heterocycles. The quantitative estimate of drug-likeness (QED) is 0.578. The van der Waals surface area contributed by atoms with Crippen LogP contribution in [0.3, 0.4) is 0 Å². The molecule has 100 valence electrons. The Balaban J connectivity index is 2.73. The van der Waals surface area contributed by atoms with Gasteiger partial charge in [-0.15, -0.1) is 0 Å². The Morgan fingerprint density at radius 1 is 1.50 bits per heavy atom. The van der Waals surface area contributed by atoms with Crippen LogP contribution in [0, 0.1) is 23.0 Å². The van der Waals surface area contributed by atoms with Gasteiger partial charge in [-0.3, -0.25) is 10.1 Å². The number of benzene rings is 1. The summed E-state index contributed by atoms with van der Waals surface area (Å²) < 4.78 is 0. The van der Waals surface area contributed by atoms with E-state index in [1.807, 2.05) is 6.07 Å². The van der Waals surface area contributed by atoms with Crippen molar-refractivity contribution in [3.05, 3.63) is 33.9 Å². The van der Waals surface area contributed by atoms with Crippen LogP contribution in [0.25, 0.3) is 0 Å². The van der Waals surface area contributed by atoms with Crippen LogP contribution in [0.1, 0.15) is 25.3 Å². The Morgan fingerprint density at radius 2 is 2.22 bits per heavy atom. The maximum absolute atomic E-state index is 10.8. The minimum absolute atomic E-state index is 0.134. The molecule has 2 N–H and O–H groups in total. The molecule has 0 saturated carbocycles. The fourth-order valence-electron chi connectivity index (χ4n) is 1.90. The minimum Gasteiger partial charge on any atom is -0.396 e. The summed E-state index contributed by atoms with van der Waals surface area (Å²) in [5.74, 6) is 0.383. The van der Waals surface area contributed by atoms with Gasteiger partial charge >= 0.3 is 0 Å². The van der Waals surface area contributed by atoms with Gasteiger partial charge in [0.1, 0.15) is 0 Å². The second-order valence-corrected chi connectivity index (χ2v) is 4.37. The number of nitro benzene ring substituents is 1. The first kappa shape index (κ1) is 14.4. The van der Waals surface area contributed by atoms with Crippen LogP contribution in [0.2, 0.25) is 0 Å². The average Bonchev–Trinajstić information content (AvgIpc) is 2.35. The zero-order valence-corrected chi connectivity index (χ0v) is 10.8. The number of nitrogens with zero attached hydrogens (tertiary/aromatic N) is 1. The van der Waals surface area contributed by atoms with Gasteiger partial charge in [-0.1, -0.05) is 19.4 Å². The number of aliphatic hydroxyl groups is 1. The van der Waals surface area contributed by atoms with Crippen molar-refractivity contribution in [1.82, 2.24) is 0 Å². The Morgan fingerprint density at radius 3 is 2.78 bits per heavy atom. The van der Waals surface area contributed by atoms with E-state index in [2.05, 4.69) is 12.2 Å². The normalized spacial score (nSPS) is 12.2. The summed E-state index contributed by atoms with van der Waals surface area (Å²) in [6.07, 6.45) is 1.72. The van der Waals surface area contributed by atoms with Crippen LogP contribution in [-0.4, -0.2) is 23.2 Å². The Kier molecular flexibility index (Phi) is 5.58. The van der Waals surface area contributed by atoms with Crippen molar-refractivity contribution in [3.8, 4) is 0 Å². The number of nitro groups is 1. The van der Waals surface area contributed by atoms with Gasteiger partial charge < -0.3 is 10.4 Å². The third-order valence-corrected chi connectivity index (χ3v) is 3.20. The highest BCUT2D eigenvalue weighted by Gasteiger charge is 2.13. The lowest BCUT2D eigenvalue weighted by Crippen LogP contribution is -2.15. The number of hydrogen-bond acceptors (Lipinski definition) is 4. The molecule has 0 amide bonds. The highest BCUT2D eigenvalue weighted by molar-refractivity contribution is 5.59. The van der Waals surface area contributed by atoms with Crippen molar-refractivity contribution >= 4 is 11.4 Å². The lowest BCUT2D eigenvalue weighted by Gasteiger charge is -2.16. The van der Waals surface area contributed by atoms with Crippen LogP contribution < -0.4 is 5.32 Å². The third kappa shape index (κ3) is 3.70. The van der Waals surface area contributed by atoms with E-state index in [0.717, 1.165) is 25.1 Å². The third-order valence-electron chi connectivity index (χ3n) is 3.20. The van der Waals surface area contributed by atoms with Crippen molar-refractivity contribution in [3.63, 3.8) is 0 Å². The molecule has 0 heterocycles. The van der Waals surface area contributed by atoms with E-state index in [0.29, 0.717) is 11.5 Å². The van der Waals surface area contributed by atoms with Crippen molar-refractivity contribution in [2.75, 3.05) is 18.5 Å². The summed E-state index contributed by atoms with van der Waals surface area (Å²) in [6.45, 7) is 4.71. The molecule has 1 aromatic carbocycles. The van der Waals surface area contributed by atoms with E-state index < -0.39 is 0 Å². The first-order valence-electron chi connectivity index (χ1n) is 6.18. The first-order valence-corrected chi connectivity index (χ1v) is 6.18. The zero-order valence-electron chi connectivity index (χ0n) is 10.8. The summed E-state index contributed by atoms with van der Waals surface area (Å²) in [7, 11) is 0. The van der Waals surface area contributed by atoms with Crippen LogP contribution in [-0.2, 0) is 0 Å². The maximum Gasteiger partial charge on any atom is 0.274 e. The minimum atomic E-state index is -0.370. The van der Waals surface area contributed by atoms with Gasteiger partial charge in [-0.05, 0) is 25.3 Å². The molecule has 0 fully saturated rings. The molecular formula is C13H20N2O3. The number of anilines is 1. The highest BCUT2D eigenvalue weighted by atomic mass is 16.6. The summed E-state index contributed by atoms with van der Waals surface area (Å²) in [4.78, 5) is 10.4. The van der Waals surface area contributed by atoms with Gasteiger partial charge in [-0.25, -0.2) is 0 Å². The van der Waals surface area contributed by atoms with E-state index in [9.17, 15) is 10.1 Å². The van der Waals surface area contributed by atoms with Crippen LogP contribution in [0.15, 0.2) is 18.2 Å². The highest BCUT2D eigenvalue weighted by Crippen LogP contribution is 2.25. The topological polar surface area (TPSA) is 75.4 Å². The van der Waals surface area contributed by atoms with Crippen LogP contribution >= 0.6 is 0 Å². The van der Waals surface area contributed by atoms with Crippen LogP contribution in [0.4, 0.5) is 11.4 Å². The standard InChI is InChI=1S/C13H20N2O3/c1-3-11(7-8-16)9-14-12-5-4-6-13(10(12)2)15(17)18/h4-6,11,14,16H,3,7-9H2,1-2H3. The predicted molar refractivity (Wildman–Crippen MR) is 71.8 cm³/mol. The van der Waals surface area contributed by atoms with Gasteiger partial charge in [0.15, 0.2) is 0 Å². The van der Waals surface area contributed by atoms with Crippen molar-refractivity contribution in [1.29, 1.82) is 0 Å². The summed E-state index contributed by atoms with van der Waals surface area (Å²) in [5.41, 5.74) is 1.58. The SMILES string of the molecule is CCC(CCO)CNc1cccc([N+](=O)[O-])c1C. The van der Waals surface area contributed by atoms with Gasteiger partial charge in [0, 0.05) is 30.5 Å². The summed E-state index contributed by atoms with van der Waals surface area (Å²) in [6, 6.07) is 5.03. The van der Waals surface area contributed by atoms with Crippen molar-refractivity contribution in [2.24, 2.45) is 5.92 Å². The summed E-state index contributed by atoms with van der Waals surface area (Å²) in [5, 5.41) is 23.0. The molecule has 5 heteroatoms. The molecule has 0 radical (unpaired) electrons. The lowest BCUT2D eigenvalue weighted by atomic mass is 10.0. The molecule has 18 heavy (non-hydrogen) atoms. The van der Waals surface area contributed by atoms with E-state index in [-0.39, 0.29) is 17.2 Å². The summed E-state index contributed by atoms with van der Waals surface area (Å²) >= 11 is 0. The molecule has 1 unspecified atom stereocenters. The second-order valence-electron chi connectivity index (χ2n) is 4.37. The number of hydrogen-bond donors (Lipinski definition) is 2. The Hall–Kier alpha value is -1.62. The van der Waals surface area contributed by atoms with Crippen LogP contribution in [0.5, 0.6) is 0 Å². The first-order chi connectivity index (χ1) is 8.60. The van der Waals surface area contributed by atoms with Gasteiger partial charge in [-0.2, -0.15) is 0 Å². The molecule has 0 spiro atoms.